The van der Waals surface area contributed by atoms with Crippen molar-refractivity contribution in [2.45, 2.75) is 45.2 Å². The summed E-state index contributed by atoms with van der Waals surface area (Å²) in [4.78, 5) is 2.38. The van der Waals surface area contributed by atoms with Gasteiger partial charge in [0, 0.05) is 25.0 Å². The van der Waals surface area contributed by atoms with E-state index in [0.717, 1.165) is 35.7 Å². The van der Waals surface area contributed by atoms with Crippen LogP contribution in [0.15, 0.2) is 4.47 Å². The largest absolute Gasteiger partial charge is 0.300 e. The van der Waals surface area contributed by atoms with Crippen LogP contribution >= 0.6 is 27.5 Å². The molecule has 1 aromatic heterocycles. The quantitative estimate of drug-likeness (QED) is 0.769. The Labute approximate surface area is 123 Å². The number of rotatable bonds is 5. The van der Waals surface area contributed by atoms with E-state index in [1.165, 1.54) is 18.5 Å². The fraction of sp³-hybridized carbons (Fsp3) is 0.769. The van der Waals surface area contributed by atoms with Crippen LogP contribution in [0.1, 0.15) is 31.2 Å². The number of aryl methyl sites for hydroxylation is 2. The van der Waals surface area contributed by atoms with Gasteiger partial charge in [-0.25, -0.2) is 0 Å². The van der Waals surface area contributed by atoms with Gasteiger partial charge < -0.3 is 4.90 Å². The maximum atomic E-state index is 6.02. The third-order valence-corrected chi connectivity index (χ3v) is 5.01. The molecule has 0 spiro atoms. The fourth-order valence-electron chi connectivity index (χ4n) is 2.58. The molecule has 0 aliphatic heterocycles. The highest BCUT2D eigenvalue weighted by molar-refractivity contribution is 9.10. The Bertz CT molecular complexity index is 413. The van der Waals surface area contributed by atoms with Crippen molar-refractivity contribution in [3.05, 3.63) is 15.9 Å². The second-order valence-electron chi connectivity index (χ2n) is 5.29. The van der Waals surface area contributed by atoms with Crippen LogP contribution in [0.2, 0.25) is 0 Å². The molecule has 102 valence electrons. The second-order valence-corrected chi connectivity index (χ2v) is 6.70. The molecule has 0 amide bonds. The molecule has 2 rings (SSSR count). The normalized spacial score (nSPS) is 23.4. The fourth-order valence-corrected chi connectivity index (χ4v) is 3.50. The summed E-state index contributed by atoms with van der Waals surface area (Å²) >= 11 is 9.67. The number of alkyl halides is 1. The standard InChI is InChI=1S/C13H21BrClN3/c1-4-18-12(13(14)9(2)16-18)8-17(3)7-10-5-11(15)6-10/h10-11H,4-8H2,1-3H3. The lowest BCUT2D eigenvalue weighted by Crippen LogP contribution is -2.35. The Hall–Kier alpha value is -0.0600. The van der Waals surface area contributed by atoms with Crippen LogP contribution in [0.4, 0.5) is 0 Å². The van der Waals surface area contributed by atoms with Crippen LogP contribution in [0, 0.1) is 12.8 Å². The molecule has 3 nitrogen and oxygen atoms in total. The maximum absolute atomic E-state index is 6.02. The molecule has 1 aromatic rings. The van der Waals surface area contributed by atoms with E-state index in [1.54, 1.807) is 0 Å². The molecule has 0 radical (unpaired) electrons. The SMILES string of the molecule is CCn1nc(C)c(Br)c1CN(C)CC1CC(Cl)C1. The topological polar surface area (TPSA) is 21.1 Å². The van der Waals surface area contributed by atoms with Crippen LogP contribution in [0.25, 0.3) is 0 Å². The summed E-state index contributed by atoms with van der Waals surface area (Å²) in [6.45, 7) is 7.17. The van der Waals surface area contributed by atoms with Gasteiger partial charge in [-0.3, -0.25) is 4.68 Å². The Balaban J connectivity index is 1.95. The van der Waals surface area contributed by atoms with Crippen LogP contribution in [-0.4, -0.2) is 33.6 Å². The first kappa shape index (κ1) is 14.4. The molecule has 0 unspecified atom stereocenters. The van der Waals surface area contributed by atoms with Crippen LogP contribution in [0.5, 0.6) is 0 Å². The van der Waals surface area contributed by atoms with E-state index in [4.69, 9.17) is 11.6 Å². The molecule has 0 bridgehead atoms. The molecule has 0 atom stereocenters. The lowest BCUT2D eigenvalue weighted by atomic mass is 9.84. The first-order chi connectivity index (χ1) is 8.51. The van der Waals surface area contributed by atoms with Crippen molar-refractivity contribution in [3.63, 3.8) is 0 Å². The average Bonchev–Trinajstić information content (AvgIpc) is 2.55. The summed E-state index contributed by atoms with van der Waals surface area (Å²) < 4.78 is 3.24. The molecule has 1 heterocycles. The van der Waals surface area contributed by atoms with Crippen molar-refractivity contribution < 1.29 is 0 Å². The van der Waals surface area contributed by atoms with E-state index >= 15 is 0 Å². The smallest absolute Gasteiger partial charge is 0.0739 e. The molecule has 1 aliphatic carbocycles. The second kappa shape index (κ2) is 5.93. The molecular formula is C13H21BrClN3. The molecule has 18 heavy (non-hydrogen) atoms. The molecule has 0 saturated heterocycles. The minimum absolute atomic E-state index is 0.415. The molecule has 1 aliphatic rings. The van der Waals surface area contributed by atoms with Crippen molar-refractivity contribution >= 4 is 27.5 Å². The molecule has 1 fully saturated rings. The van der Waals surface area contributed by atoms with Gasteiger partial charge in [-0.05, 0) is 55.6 Å². The monoisotopic (exact) mass is 333 g/mol. The summed E-state index contributed by atoms with van der Waals surface area (Å²) in [6.07, 6.45) is 2.33. The maximum Gasteiger partial charge on any atom is 0.0739 e. The third-order valence-electron chi connectivity index (χ3n) is 3.62. The lowest BCUT2D eigenvalue weighted by molar-refractivity contribution is 0.200. The highest BCUT2D eigenvalue weighted by Crippen LogP contribution is 2.32. The van der Waals surface area contributed by atoms with E-state index in [1.807, 2.05) is 6.92 Å². The van der Waals surface area contributed by atoms with Crippen LogP contribution in [-0.2, 0) is 13.1 Å². The highest BCUT2D eigenvalue weighted by atomic mass is 79.9. The Morgan fingerprint density at radius 1 is 1.50 bits per heavy atom. The zero-order valence-electron chi connectivity index (χ0n) is 11.3. The first-order valence-electron chi connectivity index (χ1n) is 6.55. The van der Waals surface area contributed by atoms with E-state index in [2.05, 4.69) is 44.6 Å². The van der Waals surface area contributed by atoms with Crippen LogP contribution in [0.3, 0.4) is 0 Å². The molecule has 5 heteroatoms. The van der Waals surface area contributed by atoms with Gasteiger partial charge in [0.15, 0.2) is 0 Å². The van der Waals surface area contributed by atoms with Crippen molar-refractivity contribution in [2.24, 2.45) is 5.92 Å². The zero-order valence-corrected chi connectivity index (χ0v) is 13.6. The summed E-state index contributed by atoms with van der Waals surface area (Å²) in [5, 5.41) is 4.94. The van der Waals surface area contributed by atoms with E-state index < -0.39 is 0 Å². The lowest BCUT2D eigenvalue weighted by Gasteiger charge is -2.34. The molecule has 0 aromatic carbocycles. The predicted molar refractivity (Wildman–Crippen MR) is 79.0 cm³/mol. The van der Waals surface area contributed by atoms with Gasteiger partial charge in [0.05, 0.1) is 15.9 Å². The minimum Gasteiger partial charge on any atom is -0.300 e. The van der Waals surface area contributed by atoms with Crippen molar-refractivity contribution in [2.75, 3.05) is 13.6 Å². The van der Waals surface area contributed by atoms with Gasteiger partial charge in [0.2, 0.25) is 0 Å². The van der Waals surface area contributed by atoms with Crippen molar-refractivity contribution in [1.82, 2.24) is 14.7 Å². The average molecular weight is 335 g/mol. The summed E-state index contributed by atoms with van der Waals surface area (Å²) in [6, 6.07) is 0. The van der Waals surface area contributed by atoms with Gasteiger partial charge in [-0.2, -0.15) is 5.10 Å². The summed E-state index contributed by atoms with van der Waals surface area (Å²) in [5.41, 5.74) is 2.35. The highest BCUT2D eigenvalue weighted by Gasteiger charge is 2.28. The number of nitrogens with zero attached hydrogens (tertiary/aromatic N) is 3. The van der Waals surface area contributed by atoms with Crippen LogP contribution < -0.4 is 0 Å². The van der Waals surface area contributed by atoms with Gasteiger partial charge in [0.1, 0.15) is 0 Å². The van der Waals surface area contributed by atoms with E-state index in [0.29, 0.717) is 5.38 Å². The molecular weight excluding hydrogens is 314 g/mol. The molecule has 1 saturated carbocycles. The Kier molecular flexibility index (Phi) is 4.73. The number of halogens is 2. The Morgan fingerprint density at radius 3 is 2.72 bits per heavy atom. The van der Waals surface area contributed by atoms with Gasteiger partial charge in [-0.1, -0.05) is 0 Å². The zero-order chi connectivity index (χ0) is 13.3. The van der Waals surface area contributed by atoms with E-state index in [9.17, 15) is 0 Å². The van der Waals surface area contributed by atoms with Gasteiger partial charge in [0.25, 0.3) is 0 Å². The third kappa shape index (κ3) is 3.09. The van der Waals surface area contributed by atoms with Crippen molar-refractivity contribution in [1.29, 1.82) is 0 Å². The number of hydrogen-bond donors (Lipinski definition) is 0. The predicted octanol–water partition coefficient (Wildman–Crippen LogP) is 3.42. The minimum atomic E-state index is 0.415. The van der Waals surface area contributed by atoms with Gasteiger partial charge >= 0.3 is 0 Å². The van der Waals surface area contributed by atoms with Crippen molar-refractivity contribution in [3.8, 4) is 0 Å². The number of hydrogen-bond acceptors (Lipinski definition) is 2. The van der Waals surface area contributed by atoms with E-state index in [-0.39, 0.29) is 0 Å². The number of aromatic nitrogens is 2. The first-order valence-corrected chi connectivity index (χ1v) is 7.78. The van der Waals surface area contributed by atoms with Gasteiger partial charge in [-0.15, -0.1) is 11.6 Å². The molecule has 0 N–H and O–H groups in total. The Morgan fingerprint density at radius 2 is 2.17 bits per heavy atom. The summed E-state index contributed by atoms with van der Waals surface area (Å²) in [7, 11) is 2.18. The summed E-state index contributed by atoms with van der Waals surface area (Å²) in [5.74, 6) is 0.773.